The fourth-order valence-electron chi connectivity index (χ4n) is 1.85. The second-order valence-corrected chi connectivity index (χ2v) is 4.73. The fourth-order valence-corrected chi connectivity index (χ4v) is 1.85. The Morgan fingerprint density at radius 3 is 1.94 bits per heavy atom. The maximum absolute atomic E-state index is 5.68. The molecular weight excluding hydrogens is 212 g/mol. The Balaban J connectivity index is 2.86. The molecule has 1 aliphatic rings. The summed E-state index contributed by atoms with van der Waals surface area (Å²) in [6.07, 6.45) is 8.45. The zero-order valence-electron chi connectivity index (χ0n) is 11.6. The molecule has 0 aromatic carbocycles. The molecule has 0 spiro atoms. The number of hydrogen-bond acceptors (Lipinski definition) is 2. The third-order valence-electron chi connectivity index (χ3n) is 2.97. The van der Waals surface area contributed by atoms with E-state index in [1.54, 1.807) is 0 Å². The van der Waals surface area contributed by atoms with Gasteiger partial charge in [-0.05, 0) is 40.2 Å². The summed E-state index contributed by atoms with van der Waals surface area (Å²) < 4.78 is 11.4. The average Bonchev–Trinajstić information content (AvgIpc) is 2.29. The van der Waals surface area contributed by atoms with Crippen molar-refractivity contribution in [2.45, 2.75) is 40.9 Å². The molecule has 0 amide bonds. The Kier molecular flexibility index (Phi) is 5.16. The van der Waals surface area contributed by atoms with Crippen LogP contribution in [0.5, 0.6) is 0 Å². The number of rotatable bonds is 5. The smallest absolute Gasteiger partial charge is 0.169 e. The molecule has 96 valence electrons. The number of hydrogen-bond donors (Lipinski definition) is 0. The molecule has 17 heavy (non-hydrogen) atoms. The van der Waals surface area contributed by atoms with Crippen molar-refractivity contribution in [2.24, 2.45) is 5.41 Å². The molecule has 0 bridgehead atoms. The quantitative estimate of drug-likeness (QED) is 0.675. The predicted molar refractivity (Wildman–Crippen MR) is 71.8 cm³/mol. The van der Waals surface area contributed by atoms with Crippen molar-refractivity contribution in [3.05, 3.63) is 35.5 Å². The minimum Gasteiger partial charge on any atom is -0.352 e. The molecule has 0 aromatic rings. The molecule has 0 radical (unpaired) electrons. The first-order valence-electron chi connectivity index (χ1n) is 6.32. The van der Waals surface area contributed by atoms with E-state index in [1.165, 1.54) is 11.1 Å². The van der Waals surface area contributed by atoms with Crippen molar-refractivity contribution in [2.75, 3.05) is 13.2 Å². The van der Waals surface area contributed by atoms with E-state index in [1.807, 2.05) is 13.8 Å². The average molecular weight is 236 g/mol. The molecule has 0 heterocycles. The monoisotopic (exact) mass is 236 g/mol. The van der Waals surface area contributed by atoms with Gasteiger partial charge in [0.15, 0.2) is 6.29 Å². The number of allylic oxidation sites excluding steroid dienone is 4. The van der Waals surface area contributed by atoms with Crippen LogP contribution in [0, 0.1) is 5.41 Å². The van der Waals surface area contributed by atoms with E-state index in [9.17, 15) is 0 Å². The topological polar surface area (TPSA) is 18.5 Å². The highest BCUT2D eigenvalue weighted by Crippen LogP contribution is 2.33. The maximum atomic E-state index is 5.68. The fraction of sp³-hybridized carbons (Fsp3) is 0.600. The molecule has 1 rings (SSSR count). The molecule has 0 aliphatic heterocycles. The molecule has 1 aliphatic carbocycles. The van der Waals surface area contributed by atoms with Gasteiger partial charge in [-0.3, -0.25) is 0 Å². The van der Waals surface area contributed by atoms with Crippen molar-refractivity contribution < 1.29 is 9.47 Å². The van der Waals surface area contributed by atoms with Crippen LogP contribution in [0.2, 0.25) is 0 Å². The first-order chi connectivity index (χ1) is 8.03. The summed E-state index contributed by atoms with van der Waals surface area (Å²) in [5.41, 5.74) is 2.42. The third kappa shape index (κ3) is 3.55. The molecule has 0 atom stereocenters. The van der Waals surface area contributed by atoms with E-state index in [4.69, 9.17) is 9.47 Å². The molecule has 0 unspecified atom stereocenters. The van der Waals surface area contributed by atoms with Gasteiger partial charge in [-0.25, -0.2) is 0 Å². The third-order valence-corrected chi connectivity index (χ3v) is 2.97. The van der Waals surface area contributed by atoms with Gasteiger partial charge in [0, 0.05) is 13.2 Å². The van der Waals surface area contributed by atoms with Crippen LogP contribution in [0.4, 0.5) is 0 Å². The molecule has 0 fully saturated rings. The van der Waals surface area contributed by atoms with Crippen molar-refractivity contribution in [3.63, 3.8) is 0 Å². The summed E-state index contributed by atoms with van der Waals surface area (Å²) in [5.74, 6) is 0. The summed E-state index contributed by atoms with van der Waals surface area (Å²) in [5, 5.41) is 0. The van der Waals surface area contributed by atoms with Crippen LogP contribution in [0.3, 0.4) is 0 Å². The minimum atomic E-state index is -0.205. The van der Waals surface area contributed by atoms with E-state index in [0.717, 1.165) is 0 Å². The Bertz CT molecular complexity index is 311. The van der Waals surface area contributed by atoms with Gasteiger partial charge in [-0.1, -0.05) is 29.9 Å². The second-order valence-electron chi connectivity index (χ2n) is 4.73. The highest BCUT2D eigenvalue weighted by atomic mass is 16.7. The molecule has 0 saturated carbocycles. The Morgan fingerprint density at radius 2 is 1.59 bits per heavy atom. The molecule has 0 saturated heterocycles. The van der Waals surface area contributed by atoms with Gasteiger partial charge in [-0.2, -0.15) is 0 Å². The molecule has 2 heteroatoms. The van der Waals surface area contributed by atoms with Gasteiger partial charge in [0.25, 0.3) is 0 Å². The van der Waals surface area contributed by atoms with E-state index < -0.39 is 0 Å². The van der Waals surface area contributed by atoms with Crippen molar-refractivity contribution in [3.8, 4) is 0 Å². The Morgan fingerprint density at radius 1 is 1.12 bits per heavy atom. The van der Waals surface area contributed by atoms with Gasteiger partial charge >= 0.3 is 0 Å². The van der Waals surface area contributed by atoms with Crippen molar-refractivity contribution in [1.82, 2.24) is 0 Å². The lowest BCUT2D eigenvalue weighted by molar-refractivity contribution is -0.173. The highest BCUT2D eigenvalue weighted by molar-refractivity contribution is 5.40. The molecule has 2 nitrogen and oxygen atoms in total. The van der Waals surface area contributed by atoms with Gasteiger partial charge in [0.2, 0.25) is 0 Å². The second kappa shape index (κ2) is 6.18. The molecule has 0 aromatic heterocycles. The zero-order valence-corrected chi connectivity index (χ0v) is 11.6. The summed E-state index contributed by atoms with van der Waals surface area (Å²) in [6.45, 7) is 11.7. The summed E-state index contributed by atoms with van der Waals surface area (Å²) >= 11 is 0. The van der Waals surface area contributed by atoms with Crippen LogP contribution in [0.1, 0.15) is 34.6 Å². The first kappa shape index (κ1) is 14.2. The van der Waals surface area contributed by atoms with Crippen LogP contribution >= 0.6 is 0 Å². The summed E-state index contributed by atoms with van der Waals surface area (Å²) in [7, 11) is 0. The van der Waals surface area contributed by atoms with E-state index in [0.29, 0.717) is 13.2 Å². The first-order valence-corrected chi connectivity index (χ1v) is 6.32. The lowest BCUT2D eigenvalue weighted by Gasteiger charge is -2.33. The molecule has 0 N–H and O–H groups in total. The minimum absolute atomic E-state index is 0.176. The zero-order chi connectivity index (χ0) is 12.9. The summed E-state index contributed by atoms with van der Waals surface area (Å²) in [4.78, 5) is 0. The Hall–Kier alpha value is -0.860. The largest absolute Gasteiger partial charge is 0.352 e. The maximum Gasteiger partial charge on any atom is 0.169 e. The highest BCUT2D eigenvalue weighted by Gasteiger charge is 2.32. The van der Waals surface area contributed by atoms with Gasteiger partial charge < -0.3 is 9.47 Å². The lowest BCUT2D eigenvalue weighted by Crippen LogP contribution is -2.35. The SMILES string of the molecule is CCOC(OCC)C1(C)C=CC(=C(C)C)C=C1. The van der Waals surface area contributed by atoms with Crippen LogP contribution in [0.25, 0.3) is 0 Å². The molecular formula is C15H24O2. The van der Waals surface area contributed by atoms with Crippen LogP contribution in [-0.4, -0.2) is 19.5 Å². The van der Waals surface area contributed by atoms with Crippen LogP contribution in [0.15, 0.2) is 35.5 Å². The van der Waals surface area contributed by atoms with Crippen molar-refractivity contribution in [1.29, 1.82) is 0 Å². The van der Waals surface area contributed by atoms with Crippen molar-refractivity contribution >= 4 is 0 Å². The van der Waals surface area contributed by atoms with E-state index in [2.05, 4.69) is 45.1 Å². The van der Waals surface area contributed by atoms with Crippen LogP contribution in [-0.2, 0) is 9.47 Å². The van der Waals surface area contributed by atoms with Gasteiger partial charge in [-0.15, -0.1) is 0 Å². The normalized spacial score (nSPS) is 23.5. The van der Waals surface area contributed by atoms with E-state index >= 15 is 0 Å². The predicted octanol–water partition coefficient (Wildman–Crippen LogP) is 3.85. The lowest BCUT2D eigenvalue weighted by atomic mass is 9.83. The standard InChI is InChI=1S/C15H24O2/c1-6-16-14(17-7-2)15(5)10-8-13(9-11-15)12(3)4/h8-11,14H,6-7H2,1-5H3. The number of ether oxygens (including phenoxy) is 2. The summed E-state index contributed by atoms with van der Waals surface area (Å²) in [6, 6.07) is 0. The van der Waals surface area contributed by atoms with Gasteiger partial charge in [0.1, 0.15) is 0 Å². The van der Waals surface area contributed by atoms with Crippen LogP contribution < -0.4 is 0 Å². The van der Waals surface area contributed by atoms with Gasteiger partial charge in [0.05, 0.1) is 5.41 Å². The van der Waals surface area contributed by atoms with E-state index in [-0.39, 0.29) is 11.7 Å². The Labute approximate surface area is 105 Å².